The lowest BCUT2D eigenvalue weighted by Crippen LogP contribution is -2.45. The van der Waals surface area contributed by atoms with Crippen molar-refractivity contribution in [3.63, 3.8) is 0 Å². The van der Waals surface area contributed by atoms with E-state index in [0.29, 0.717) is 22.6 Å². The second-order valence-corrected chi connectivity index (χ2v) is 6.88. The van der Waals surface area contributed by atoms with Gasteiger partial charge < -0.3 is 4.74 Å². The Morgan fingerprint density at radius 1 is 0.833 bits per heavy atom. The van der Waals surface area contributed by atoms with Gasteiger partial charge in [-0.05, 0) is 29.8 Å². The highest BCUT2D eigenvalue weighted by Crippen LogP contribution is 2.30. The van der Waals surface area contributed by atoms with Crippen molar-refractivity contribution in [1.82, 2.24) is 4.90 Å². The van der Waals surface area contributed by atoms with Crippen LogP contribution in [0.1, 0.15) is 26.3 Å². The van der Waals surface area contributed by atoms with Gasteiger partial charge in [-0.2, -0.15) is 0 Å². The fourth-order valence-electron chi connectivity index (χ4n) is 3.52. The normalized spacial score (nSPS) is 12.6. The Morgan fingerprint density at radius 2 is 1.40 bits per heavy atom. The number of carbonyl (C=O) groups excluding carboxylic acids is 3. The van der Waals surface area contributed by atoms with Gasteiger partial charge in [0.05, 0.1) is 30.3 Å². The molecule has 0 aromatic heterocycles. The molecule has 0 aliphatic carbocycles. The zero-order valence-electron chi connectivity index (χ0n) is 16.4. The number of amides is 3. The fraction of sp³-hybridized carbons (Fsp3) is 0.125. The summed E-state index contributed by atoms with van der Waals surface area (Å²) in [6.45, 7) is -0.196. The molecule has 1 aliphatic rings. The molecule has 6 nitrogen and oxygen atoms in total. The highest BCUT2D eigenvalue weighted by atomic mass is 16.5. The van der Waals surface area contributed by atoms with Gasteiger partial charge in [0.15, 0.2) is 0 Å². The third kappa shape index (κ3) is 3.55. The van der Waals surface area contributed by atoms with Crippen molar-refractivity contribution in [3.8, 4) is 5.75 Å². The van der Waals surface area contributed by atoms with E-state index in [1.165, 1.54) is 12.0 Å². The third-order valence-corrected chi connectivity index (χ3v) is 5.04. The summed E-state index contributed by atoms with van der Waals surface area (Å²) in [7, 11) is 1.51. The molecule has 6 heteroatoms. The molecule has 3 aromatic carbocycles. The molecule has 1 heterocycles. The van der Waals surface area contributed by atoms with Crippen molar-refractivity contribution in [3.05, 3.63) is 95.6 Å². The summed E-state index contributed by atoms with van der Waals surface area (Å²) >= 11 is 0. The number of rotatable bonds is 6. The molecule has 0 saturated carbocycles. The third-order valence-electron chi connectivity index (χ3n) is 5.04. The minimum atomic E-state index is -0.414. The van der Waals surface area contributed by atoms with Crippen LogP contribution in [0.25, 0.3) is 0 Å². The van der Waals surface area contributed by atoms with E-state index in [0.717, 1.165) is 10.5 Å². The fourth-order valence-corrected chi connectivity index (χ4v) is 3.52. The van der Waals surface area contributed by atoms with E-state index in [1.54, 1.807) is 48.5 Å². The Bertz CT molecular complexity index is 1080. The van der Waals surface area contributed by atoms with E-state index in [-0.39, 0.29) is 19.0 Å². The number of methoxy groups -OCH3 is 1. The zero-order chi connectivity index (χ0) is 21.1. The first-order valence-corrected chi connectivity index (χ1v) is 9.52. The van der Waals surface area contributed by atoms with Crippen LogP contribution in [0, 0.1) is 0 Å². The summed E-state index contributed by atoms with van der Waals surface area (Å²) in [5, 5.41) is 0. The molecule has 0 saturated heterocycles. The Balaban J connectivity index is 1.68. The molecular weight excluding hydrogens is 380 g/mol. The van der Waals surface area contributed by atoms with Gasteiger partial charge >= 0.3 is 0 Å². The van der Waals surface area contributed by atoms with Gasteiger partial charge in [-0.1, -0.05) is 54.6 Å². The Morgan fingerprint density at radius 3 is 2.03 bits per heavy atom. The van der Waals surface area contributed by atoms with Crippen LogP contribution in [0.5, 0.6) is 5.75 Å². The maximum atomic E-state index is 13.3. The van der Waals surface area contributed by atoms with E-state index in [2.05, 4.69) is 0 Å². The molecule has 0 N–H and O–H groups in total. The molecule has 3 amide bonds. The second-order valence-electron chi connectivity index (χ2n) is 6.88. The second kappa shape index (κ2) is 8.21. The molecule has 0 radical (unpaired) electrons. The molecule has 150 valence electrons. The van der Waals surface area contributed by atoms with Crippen molar-refractivity contribution >= 4 is 23.4 Å². The van der Waals surface area contributed by atoms with E-state index in [1.807, 2.05) is 30.3 Å². The van der Waals surface area contributed by atoms with Crippen LogP contribution in [0.2, 0.25) is 0 Å². The van der Waals surface area contributed by atoms with Crippen LogP contribution in [0.15, 0.2) is 78.9 Å². The van der Waals surface area contributed by atoms with Crippen LogP contribution < -0.4 is 9.64 Å². The number of benzene rings is 3. The summed E-state index contributed by atoms with van der Waals surface area (Å²) < 4.78 is 5.42. The van der Waals surface area contributed by atoms with Gasteiger partial charge in [0, 0.05) is 0 Å². The smallest absolute Gasteiger partial charge is 0.263 e. The van der Waals surface area contributed by atoms with E-state index >= 15 is 0 Å². The van der Waals surface area contributed by atoms with E-state index in [9.17, 15) is 14.4 Å². The first kappa shape index (κ1) is 19.4. The van der Waals surface area contributed by atoms with Crippen LogP contribution in [-0.4, -0.2) is 36.4 Å². The quantitative estimate of drug-likeness (QED) is 0.594. The Hall–Kier alpha value is -3.93. The van der Waals surface area contributed by atoms with Crippen molar-refractivity contribution in [2.75, 3.05) is 18.7 Å². The van der Waals surface area contributed by atoms with Gasteiger partial charge in [-0.3, -0.25) is 24.2 Å². The van der Waals surface area contributed by atoms with Gasteiger partial charge in [-0.25, -0.2) is 0 Å². The summed E-state index contributed by atoms with van der Waals surface area (Å²) in [5.74, 6) is -0.594. The molecule has 0 spiro atoms. The summed E-state index contributed by atoms with van der Waals surface area (Å²) in [6.07, 6.45) is 0.127. The van der Waals surface area contributed by atoms with Crippen molar-refractivity contribution < 1.29 is 19.1 Å². The minimum absolute atomic E-state index is 0.127. The number of fused-ring (bicyclic) bond motifs is 1. The zero-order valence-corrected chi connectivity index (χ0v) is 16.4. The highest BCUT2D eigenvalue weighted by molar-refractivity contribution is 6.21. The SMILES string of the molecule is COc1ccccc1N(CN1C(=O)c2ccccc2C1=O)C(=O)Cc1ccccc1. The Kier molecular flexibility index (Phi) is 5.30. The summed E-state index contributed by atoms with van der Waals surface area (Å²) in [5.41, 5.74) is 2.03. The Labute approximate surface area is 174 Å². The number of hydrogen-bond donors (Lipinski definition) is 0. The largest absolute Gasteiger partial charge is 0.495 e. The monoisotopic (exact) mass is 400 g/mol. The maximum absolute atomic E-state index is 13.3. The minimum Gasteiger partial charge on any atom is -0.495 e. The molecule has 4 rings (SSSR count). The lowest BCUT2D eigenvalue weighted by Gasteiger charge is -2.28. The number of nitrogens with zero attached hydrogens (tertiary/aromatic N) is 2. The number of ether oxygens (including phenoxy) is 1. The predicted molar refractivity (Wildman–Crippen MR) is 112 cm³/mol. The number of anilines is 1. The first-order valence-electron chi connectivity index (χ1n) is 9.52. The van der Waals surface area contributed by atoms with E-state index in [4.69, 9.17) is 4.74 Å². The number of para-hydroxylation sites is 2. The lowest BCUT2D eigenvalue weighted by atomic mass is 10.1. The standard InChI is InChI=1S/C24H20N2O4/c1-30-21-14-8-7-13-20(21)25(22(27)15-17-9-3-2-4-10-17)16-26-23(28)18-11-5-6-12-19(18)24(26)29/h2-14H,15-16H2,1H3. The van der Waals surface area contributed by atoms with Gasteiger partial charge in [0.1, 0.15) is 12.4 Å². The van der Waals surface area contributed by atoms with E-state index < -0.39 is 11.8 Å². The summed E-state index contributed by atoms with van der Waals surface area (Å²) in [4.78, 5) is 41.5. The van der Waals surface area contributed by atoms with Gasteiger partial charge in [0.2, 0.25) is 5.91 Å². The molecule has 30 heavy (non-hydrogen) atoms. The van der Waals surface area contributed by atoms with Crippen LogP contribution in [0.3, 0.4) is 0 Å². The number of imide groups is 1. The average molecular weight is 400 g/mol. The lowest BCUT2D eigenvalue weighted by molar-refractivity contribution is -0.118. The first-order chi connectivity index (χ1) is 14.6. The topological polar surface area (TPSA) is 66.9 Å². The highest BCUT2D eigenvalue weighted by Gasteiger charge is 2.37. The number of hydrogen-bond acceptors (Lipinski definition) is 4. The van der Waals surface area contributed by atoms with Gasteiger partial charge in [0.25, 0.3) is 11.8 Å². The number of carbonyl (C=O) groups is 3. The molecular formula is C24H20N2O4. The molecule has 0 unspecified atom stereocenters. The van der Waals surface area contributed by atoms with Crippen LogP contribution >= 0.6 is 0 Å². The molecule has 1 aliphatic heterocycles. The van der Waals surface area contributed by atoms with Gasteiger partial charge in [-0.15, -0.1) is 0 Å². The molecule has 0 bridgehead atoms. The van der Waals surface area contributed by atoms with Crippen LogP contribution in [-0.2, 0) is 11.2 Å². The molecule has 0 fully saturated rings. The van der Waals surface area contributed by atoms with Crippen LogP contribution in [0.4, 0.5) is 5.69 Å². The molecule has 0 atom stereocenters. The van der Waals surface area contributed by atoms with Crippen molar-refractivity contribution in [2.45, 2.75) is 6.42 Å². The average Bonchev–Trinajstić information content (AvgIpc) is 3.02. The maximum Gasteiger partial charge on any atom is 0.263 e. The summed E-state index contributed by atoms with van der Waals surface area (Å²) in [6, 6.07) is 23.0. The predicted octanol–water partition coefficient (Wildman–Crippen LogP) is 3.52. The van der Waals surface area contributed by atoms with Crippen molar-refractivity contribution in [1.29, 1.82) is 0 Å². The molecule has 3 aromatic rings. The van der Waals surface area contributed by atoms with Crippen molar-refractivity contribution in [2.24, 2.45) is 0 Å².